The third kappa shape index (κ3) is 3.22. The fourth-order valence-electron chi connectivity index (χ4n) is 2.75. The Labute approximate surface area is 142 Å². The minimum absolute atomic E-state index is 0.0403. The maximum Gasteiger partial charge on any atom is 0.115 e. The van der Waals surface area contributed by atoms with Crippen molar-refractivity contribution in [2.75, 3.05) is 11.4 Å². The van der Waals surface area contributed by atoms with Gasteiger partial charge in [-0.2, -0.15) is 0 Å². The molecule has 0 fully saturated rings. The van der Waals surface area contributed by atoms with E-state index in [9.17, 15) is 0 Å². The number of benzene rings is 2. The van der Waals surface area contributed by atoms with Crippen LogP contribution in [0.3, 0.4) is 0 Å². The van der Waals surface area contributed by atoms with Crippen LogP contribution in [0, 0.1) is 0 Å². The zero-order chi connectivity index (χ0) is 16.6. The van der Waals surface area contributed by atoms with Crippen molar-refractivity contribution < 1.29 is 0 Å². The van der Waals surface area contributed by atoms with Gasteiger partial charge in [0, 0.05) is 30.1 Å². The molecule has 3 nitrogen and oxygen atoms in total. The highest BCUT2D eigenvalue weighted by Gasteiger charge is 2.21. The van der Waals surface area contributed by atoms with Gasteiger partial charge in [0.2, 0.25) is 0 Å². The van der Waals surface area contributed by atoms with E-state index in [1.807, 2.05) is 6.07 Å². The Hall–Kier alpha value is -1.94. The van der Waals surface area contributed by atoms with Crippen LogP contribution >= 0.6 is 11.9 Å². The Kier molecular flexibility index (Phi) is 4.11. The van der Waals surface area contributed by atoms with E-state index in [1.165, 1.54) is 10.4 Å². The summed E-state index contributed by atoms with van der Waals surface area (Å²) in [5.41, 5.74) is 3.43. The summed E-state index contributed by atoms with van der Waals surface area (Å²) < 4.78 is 4.38. The van der Waals surface area contributed by atoms with E-state index < -0.39 is 0 Å². The van der Waals surface area contributed by atoms with Crippen molar-refractivity contribution in [3.8, 4) is 0 Å². The third-order valence-corrected chi connectivity index (χ3v) is 4.85. The number of aryl methyl sites for hydroxylation is 1. The van der Waals surface area contributed by atoms with Gasteiger partial charge in [-0.25, -0.2) is 4.98 Å². The van der Waals surface area contributed by atoms with E-state index in [4.69, 9.17) is 4.98 Å². The highest BCUT2D eigenvalue weighted by Crippen LogP contribution is 2.31. The first-order valence-corrected chi connectivity index (χ1v) is 8.57. The molecule has 3 aromatic rings. The minimum Gasteiger partial charge on any atom is -0.331 e. The molecule has 0 saturated heterocycles. The molecule has 0 N–H and O–H groups in total. The zero-order valence-corrected chi connectivity index (χ0v) is 15.2. The molecule has 0 aliphatic rings. The normalized spacial score (nSPS) is 11.9. The van der Waals surface area contributed by atoms with Crippen LogP contribution in [-0.2, 0) is 12.5 Å². The molecule has 0 amide bonds. The van der Waals surface area contributed by atoms with Gasteiger partial charge in [0.15, 0.2) is 0 Å². The predicted molar refractivity (Wildman–Crippen MR) is 100 cm³/mol. The molecule has 120 valence electrons. The topological polar surface area (TPSA) is 21.1 Å². The van der Waals surface area contributed by atoms with Crippen LogP contribution in [0.1, 0.15) is 26.6 Å². The number of hydrogen-bond donors (Lipinski definition) is 0. The number of imidazole rings is 1. The van der Waals surface area contributed by atoms with Gasteiger partial charge < -0.3 is 8.87 Å². The molecule has 23 heavy (non-hydrogen) atoms. The maximum absolute atomic E-state index is 4.86. The number of hydrogen-bond acceptors (Lipinski definition) is 3. The van der Waals surface area contributed by atoms with Gasteiger partial charge in [0.25, 0.3) is 0 Å². The molecule has 0 aliphatic heterocycles. The third-order valence-electron chi connectivity index (χ3n) is 3.88. The van der Waals surface area contributed by atoms with E-state index >= 15 is 0 Å². The van der Waals surface area contributed by atoms with E-state index in [0.717, 1.165) is 17.0 Å². The molecule has 0 aliphatic carbocycles. The molecule has 4 heteroatoms. The minimum atomic E-state index is 0.0403. The molecule has 1 heterocycles. The standard InChI is InChI=1S/C19H23N3S/c1-19(2,3)18-20-16-13-14(11-12-17(16)21(18)4)22(5)23-15-9-7-6-8-10-15/h6-13H,1-5H3. The molecule has 0 saturated carbocycles. The molecule has 2 aromatic carbocycles. The van der Waals surface area contributed by atoms with Gasteiger partial charge in [-0.05, 0) is 42.3 Å². The van der Waals surface area contributed by atoms with Gasteiger partial charge in [-0.3, -0.25) is 0 Å². The van der Waals surface area contributed by atoms with E-state index in [0.29, 0.717) is 0 Å². The average molecular weight is 325 g/mol. The molecule has 0 unspecified atom stereocenters. The SMILES string of the molecule is CN(Sc1ccccc1)c1ccc2c(c1)nc(C(C)(C)C)n2C. The lowest BCUT2D eigenvalue weighted by Crippen LogP contribution is -2.17. The highest BCUT2D eigenvalue weighted by molar-refractivity contribution is 8.00. The van der Waals surface area contributed by atoms with E-state index in [2.05, 4.69) is 86.2 Å². The second kappa shape index (κ2) is 5.93. The first-order chi connectivity index (χ1) is 10.9. The number of fused-ring (bicyclic) bond motifs is 1. The number of aromatic nitrogens is 2. The van der Waals surface area contributed by atoms with Gasteiger partial charge >= 0.3 is 0 Å². The fourth-order valence-corrected chi connectivity index (χ4v) is 3.56. The second-order valence-electron chi connectivity index (χ2n) is 6.82. The maximum atomic E-state index is 4.86. The predicted octanol–water partition coefficient (Wildman–Crippen LogP) is 5.01. The van der Waals surface area contributed by atoms with E-state index in [-0.39, 0.29) is 5.41 Å². The Morgan fingerprint density at radius 3 is 2.39 bits per heavy atom. The molecule has 0 atom stereocenters. The number of nitrogens with zero attached hydrogens (tertiary/aromatic N) is 3. The van der Waals surface area contributed by atoms with Crippen molar-refractivity contribution in [1.29, 1.82) is 0 Å². The Morgan fingerprint density at radius 2 is 1.74 bits per heavy atom. The molecule has 0 bridgehead atoms. The number of rotatable bonds is 3. The van der Waals surface area contributed by atoms with Crippen LogP contribution in [0.5, 0.6) is 0 Å². The molecule has 3 rings (SSSR count). The summed E-state index contributed by atoms with van der Waals surface area (Å²) >= 11 is 1.72. The summed E-state index contributed by atoms with van der Waals surface area (Å²) in [6.07, 6.45) is 0. The van der Waals surface area contributed by atoms with Crippen molar-refractivity contribution in [3.63, 3.8) is 0 Å². The summed E-state index contributed by atoms with van der Waals surface area (Å²) in [5.74, 6) is 1.11. The molecule has 0 spiro atoms. The molecular weight excluding hydrogens is 302 g/mol. The monoisotopic (exact) mass is 325 g/mol. The smallest absolute Gasteiger partial charge is 0.115 e. The lowest BCUT2D eigenvalue weighted by Gasteiger charge is -2.18. The van der Waals surface area contributed by atoms with Crippen LogP contribution in [0.15, 0.2) is 53.4 Å². The first-order valence-electron chi connectivity index (χ1n) is 7.80. The van der Waals surface area contributed by atoms with E-state index in [1.54, 1.807) is 11.9 Å². The highest BCUT2D eigenvalue weighted by atomic mass is 32.2. The van der Waals surface area contributed by atoms with Crippen molar-refractivity contribution in [3.05, 3.63) is 54.4 Å². The average Bonchev–Trinajstić information content (AvgIpc) is 2.85. The van der Waals surface area contributed by atoms with Crippen molar-refractivity contribution in [2.45, 2.75) is 31.1 Å². The molecular formula is C19H23N3S. The van der Waals surface area contributed by atoms with Gasteiger partial charge in [-0.15, -0.1) is 0 Å². The fraction of sp³-hybridized carbons (Fsp3) is 0.316. The van der Waals surface area contributed by atoms with Gasteiger partial charge in [0.05, 0.1) is 11.0 Å². The number of anilines is 1. The zero-order valence-electron chi connectivity index (χ0n) is 14.4. The second-order valence-corrected chi connectivity index (χ2v) is 8.02. The van der Waals surface area contributed by atoms with Crippen molar-refractivity contribution in [1.82, 2.24) is 9.55 Å². The summed E-state index contributed by atoms with van der Waals surface area (Å²) in [6.45, 7) is 6.60. The quantitative estimate of drug-likeness (QED) is 0.631. The van der Waals surface area contributed by atoms with Crippen LogP contribution < -0.4 is 4.31 Å². The lowest BCUT2D eigenvalue weighted by molar-refractivity contribution is 0.526. The van der Waals surface area contributed by atoms with Gasteiger partial charge in [-0.1, -0.05) is 39.0 Å². The van der Waals surface area contributed by atoms with Crippen molar-refractivity contribution >= 4 is 28.7 Å². The van der Waals surface area contributed by atoms with Gasteiger partial charge in [0.1, 0.15) is 5.82 Å². The largest absolute Gasteiger partial charge is 0.331 e. The summed E-state index contributed by atoms with van der Waals surface area (Å²) in [7, 11) is 4.18. The van der Waals surface area contributed by atoms with Crippen LogP contribution in [0.2, 0.25) is 0 Å². The summed E-state index contributed by atoms with van der Waals surface area (Å²) in [4.78, 5) is 6.09. The Morgan fingerprint density at radius 1 is 1.04 bits per heavy atom. The van der Waals surface area contributed by atoms with Crippen LogP contribution in [-0.4, -0.2) is 16.6 Å². The Balaban J connectivity index is 1.94. The van der Waals surface area contributed by atoms with Crippen LogP contribution in [0.4, 0.5) is 5.69 Å². The van der Waals surface area contributed by atoms with Crippen molar-refractivity contribution in [2.24, 2.45) is 7.05 Å². The Bertz CT molecular complexity index is 816. The summed E-state index contributed by atoms with van der Waals surface area (Å²) in [6, 6.07) is 16.9. The molecule has 0 radical (unpaired) electrons. The molecule has 1 aromatic heterocycles. The lowest BCUT2D eigenvalue weighted by atomic mass is 9.96. The summed E-state index contributed by atoms with van der Waals surface area (Å²) in [5, 5.41) is 0. The first kappa shape index (κ1) is 15.9. The van der Waals surface area contributed by atoms with Crippen LogP contribution in [0.25, 0.3) is 11.0 Å².